The standard InChI is InChI=1S/C20H22N2O2/c1-13-4-3-9-21-19(13)15-7-8-18-16(10-15)11-17(24-18)12-22-20(23)14-5-2-6-14/h3-4,7-10,14,17H,2,5-6,11-12H2,1H3,(H,22,23)/t17-/m1/s1. The maximum Gasteiger partial charge on any atom is 0.223 e. The molecule has 4 heteroatoms. The molecule has 1 fully saturated rings. The molecule has 1 N–H and O–H groups in total. The van der Waals surface area contributed by atoms with Crippen molar-refractivity contribution in [2.45, 2.75) is 38.7 Å². The Labute approximate surface area is 142 Å². The van der Waals surface area contributed by atoms with Crippen LogP contribution in [-0.4, -0.2) is 23.5 Å². The average molecular weight is 322 g/mol. The van der Waals surface area contributed by atoms with Crippen LogP contribution in [0.4, 0.5) is 0 Å². The van der Waals surface area contributed by atoms with Crippen molar-refractivity contribution in [3.63, 3.8) is 0 Å². The Bertz CT molecular complexity index is 768. The highest BCUT2D eigenvalue weighted by Gasteiger charge is 2.28. The highest BCUT2D eigenvalue weighted by atomic mass is 16.5. The number of carbonyl (C=O) groups excluding carboxylic acids is 1. The van der Waals surface area contributed by atoms with E-state index in [2.05, 4.69) is 35.4 Å². The lowest BCUT2D eigenvalue weighted by molar-refractivity contribution is -0.127. The first-order chi connectivity index (χ1) is 11.7. The molecule has 1 aliphatic heterocycles. The minimum Gasteiger partial charge on any atom is -0.488 e. The normalized spacial score (nSPS) is 19.3. The maximum atomic E-state index is 12.0. The van der Waals surface area contributed by atoms with E-state index in [1.54, 1.807) is 0 Å². The third kappa shape index (κ3) is 2.88. The number of ether oxygens (including phenoxy) is 1. The molecule has 2 heterocycles. The fraction of sp³-hybridized carbons (Fsp3) is 0.400. The molecule has 24 heavy (non-hydrogen) atoms. The molecule has 1 aromatic carbocycles. The summed E-state index contributed by atoms with van der Waals surface area (Å²) in [6.45, 7) is 2.66. The van der Waals surface area contributed by atoms with Crippen LogP contribution in [0.15, 0.2) is 36.5 Å². The second-order valence-electron chi connectivity index (χ2n) is 6.81. The number of rotatable bonds is 4. The van der Waals surface area contributed by atoms with Gasteiger partial charge in [-0.15, -0.1) is 0 Å². The SMILES string of the molecule is Cc1cccnc1-c1ccc2c(c1)C[C@H](CNC(=O)C1CCC1)O2. The predicted octanol–water partition coefficient (Wildman–Crippen LogP) is 3.28. The summed E-state index contributed by atoms with van der Waals surface area (Å²) in [5.74, 6) is 1.34. The molecule has 0 spiro atoms. The Hall–Kier alpha value is -2.36. The van der Waals surface area contributed by atoms with Gasteiger partial charge in [0.15, 0.2) is 0 Å². The molecule has 0 saturated heterocycles. The summed E-state index contributed by atoms with van der Waals surface area (Å²) in [6.07, 6.45) is 5.93. The van der Waals surface area contributed by atoms with Crippen LogP contribution in [0.25, 0.3) is 11.3 Å². The first kappa shape index (κ1) is 15.2. The number of amides is 1. The van der Waals surface area contributed by atoms with E-state index in [-0.39, 0.29) is 17.9 Å². The second kappa shape index (κ2) is 6.27. The van der Waals surface area contributed by atoms with Crippen molar-refractivity contribution in [2.75, 3.05) is 6.54 Å². The van der Waals surface area contributed by atoms with Crippen molar-refractivity contribution < 1.29 is 9.53 Å². The van der Waals surface area contributed by atoms with Gasteiger partial charge in [0.2, 0.25) is 5.91 Å². The Morgan fingerprint density at radius 2 is 2.21 bits per heavy atom. The molecule has 4 nitrogen and oxygen atoms in total. The van der Waals surface area contributed by atoms with Crippen molar-refractivity contribution in [2.24, 2.45) is 5.92 Å². The van der Waals surface area contributed by atoms with Crippen LogP contribution in [-0.2, 0) is 11.2 Å². The molecule has 0 bridgehead atoms. The van der Waals surface area contributed by atoms with Crippen LogP contribution in [0, 0.1) is 12.8 Å². The summed E-state index contributed by atoms with van der Waals surface area (Å²) in [5.41, 5.74) is 4.50. The zero-order valence-corrected chi connectivity index (χ0v) is 13.9. The Balaban J connectivity index is 1.43. The summed E-state index contributed by atoms with van der Waals surface area (Å²) in [7, 11) is 0. The molecule has 1 aliphatic carbocycles. The Kier molecular flexibility index (Phi) is 3.97. The van der Waals surface area contributed by atoms with Crippen molar-refractivity contribution in [3.8, 4) is 17.0 Å². The van der Waals surface area contributed by atoms with Gasteiger partial charge >= 0.3 is 0 Å². The van der Waals surface area contributed by atoms with E-state index in [9.17, 15) is 4.79 Å². The summed E-state index contributed by atoms with van der Waals surface area (Å²) in [4.78, 5) is 16.4. The van der Waals surface area contributed by atoms with Crippen LogP contribution >= 0.6 is 0 Å². The lowest BCUT2D eigenvalue weighted by Crippen LogP contribution is -2.40. The second-order valence-corrected chi connectivity index (χ2v) is 6.81. The zero-order valence-electron chi connectivity index (χ0n) is 13.9. The number of hydrogen-bond acceptors (Lipinski definition) is 3. The van der Waals surface area contributed by atoms with Crippen molar-refractivity contribution in [3.05, 3.63) is 47.7 Å². The quantitative estimate of drug-likeness (QED) is 0.940. The summed E-state index contributed by atoms with van der Waals surface area (Å²) >= 11 is 0. The molecular formula is C20H22N2O2. The van der Waals surface area contributed by atoms with Gasteiger partial charge in [0.25, 0.3) is 0 Å². The smallest absolute Gasteiger partial charge is 0.223 e. The number of hydrogen-bond donors (Lipinski definition) is 1. The number of pyridine rings is 1. The van der Waals surface area contributed by atoms with Gasteiger partial charge in [-0.1, -0.05) is 12.5 Å². The molecule has 1 saturated carbocycles. The minimum atomic E-state index is 0.0316. The number of benzene rings is 1. The molecule has 0 radical (unpaired) electrons. The van der Waals surface area contributed by atoms with Crippen LogP contribution in [0.5, 0.6) is 5.75 Å². The third-order valence-corrected chi connectivity index (χ3v) is 5.06. The molecule has 2 aliphatic rings. The average Bonchev–Trinajstić information content (AvgIpc) is 2.93. The summed E-state index contributed by atoms with van der Waals surface area (Å²) < 4.78 is 5.97. The molecule has 1 amide bonds. The molecule has 124 valence electrons. The first-order valence-corrected chi connectivity index (χ1v) is 8.70. The molecule has 0 unspecified atom stereocenters. The van der Waals surface area contributed by atoms with Gasteiger partial charge < -0.3 is 10.1 Å². The van der Waals surface area contributed by atoms with Gasteiger partial charge in [-0.3, -0.25) is 9.78 Å². The summed E-state index contributed by atoms with van der Waals surface area (Å²) in [6, 6.07) is 10.3. The van der Waals surface area contributed by atoms with Gasteiger partial charge in [0, 0.05) is 24.1 Å². The number of carbonyl (C=O) groups is 1. The predicted molar refractivity (Wildman–Crippen MR) is 92.9 cm³/mol. The van der Waals surface area contributed by atoms with E-state index in [1.165, 1.54) is 17.5 Å². The molecule has 1 atom stereocenters. The lowest BCUT2D eigenvalue weighted by atomic mass is 9.85. The Morgan fingerprint density at radius 1 is 1.33 bits per heavy atom. The molecular weight excluding hydrogens is 300 g/mol. The fourth-order valence-corrected chi connectivity index (χ4v) is 3.40. The van der Waals surface area contributed by atoms with E-state index in [1.807, 2.05) is 18.3 Å². The molecule has 1 aromatic heterocycles. The Morgan fingerprint density at radius 3 is 2.96 bits per heavy atom. The number of fused-ring (bicyclic) bond motifs is 1. The van der Waals surface area contributed by atoms with Crippen molar-refractivity contribution >= 4 is 5.91 Å². The van der Waals surface area contributed by atoms with Crippen molar-refractivity contribution in [1.29, 1.82) is 0 Å². The fourth-order valence-electron chi connectivity index (χ4n) is 3.40. The van der Waals surface area contributed by atoms with Crippen LogP contribution in [0.2, 0.25) is 0 Å². The van der Waals surface area contributed by atoms with Crippen LogP contribution in [0.3, 0.4) is 0 Å². The maximum absolute atomic E-state index is 12.0. The van der Waals surface area contributed by atoms with Gasteiger partial charge in [-0.05, 0) is 55.2 Å². The van der Waals surface area contributed by atoms with Gasteiger partial charge in [-0.25, -0.2) is 0 Å². The van der Waals surface area contributed by atoms with Crippen LogP contribution < -0.4 is 10.1 Å². The molecule has 2 aromatic rings. The van der Waals surface area contributed by atoms with Crippen LogP contribution in [0.1, 0.15) is 30.4 Å². The number of nitrogens with zero attached hydrogens (tertiary/aromatic N) is 1. The lowest BCUT2D eigenvalue weighted by Gasteiger charge is -2.24. The van der Waals surface area contributed by atoms with Gasteiger partial charge in [0.05, 0.1) is 12.2 Å². The topological polar surface area (TPSA) is 51.2 Å². The zero-order chi connectivity index (χ0) is 16.5. The van der Waals surface area contributed by atoms with E-state index in [0.717, 1.165) is 36.3 Å². The third-order valence-electron chi connectivity index (χ3n) is 5.06. The van der Waals surface area contributed by atoms with E-state index >= 15 is 0 Å². The largest absolute Gasteiger partial charge is 0.488 e. The van der Waals surface area contributed by atoms with E-state index < -0.39 is 0 Å². The first-order valence-electron chi connectivity index (χ1n) is 8.70. The number of aryl methyl sites for hydroxylation is 1. The van der Waals surface area contributed by atoms with Gasteiger partial charge in [0.1, 0.15) is 11.9 Å². The highest BCUT2D eigenvalue weighted by Crippen LogP contribution is 2.33. The highest BCUT2D eigenvalue weighted by molar-refractivity contribution is 5.79. The van der Waals surface area contributed by atoms with E-state index in [4.69, 9.17) is 4.74 Å². The number of aromatic nitrogens is 1. The van der Waals surface area contributed by atoms with Crippen molar-refractivity contribution in [1.82, 2.24) is 10.3 Å². The number of nitrogens with one attached hydrogen (secondary N) is 1. The monoisotopic (exact) mass is 322 g/mol. The molecule has 4 rings (SSSR count). The minimum absolute atomic E-state index is 0.0316. The summed E-state index contributed by atoms with van der Waals surface area (Å²) in [5, 5.41) is 3.04. The van der Waals surface area contributed by atoms with Gasteiger partial charge in [-0.2, -0.15) is 0 Å². The van der Waals surface area contributed by atoms with E-state index in [0.29, 0.717) is 6.54 Å².